The zero-order valence-corrected chi connectivity index (χ0v) is 14.3. The van der Waals surface area contributed by atoms with Crippen LogP contribution in [0.4, 0.5) is 36.3 Å². The summed E-state index contributed by atoms with van der Waals surface area (Å²) >= 11 is 0. The molecule has 2 aromatic carbocycles. The number of nitrogens with zero attached hydrogens (tertiary/aromatic N) is 3. The lowest BCUT2D eigenvalue weighted by Gasteiger charge is -2.12. The molecule has 0 bridgehead atoms. The van der Waals surface area contributed by atoms with Gasteiger partial charge in [0.1, 0.15) is 5.75 Å². The number of benzene rings is 2. The van der Waals surface area contributed by atoms with Crippen LogP contribution >= 0.6 is 0 Å². The molecule has 3 aromatic rings. The number of halogens is 3. The lowest BCUT2D eigenvalue weighted by atomic mass is 10.2. The van der Waals surface area contributed by atoms with Crippen molar-refractivity contribution in [1.82, 2.24) is 15.2 Å². The Labute approximate surface area is 153 Å². The van der Waals surface area contributed by atoms with Crippen LogP contribution in [0.5, 0.6) is 5.75 Å². The van der Waals surface area contributed by atoms with Crippen molar-refractivity contribution in [3.05, 3.63) is 60.3 Å². The molecular formula is C18H16F3N5O. The largest absolute Gasteiger partial charge is 0.492 e. The molecule has 0 aliphatic rings. The van der Waals surface area contributed by atoms with E-state index in [4.69, 9.17) is 4.74 Å². The topological polar surface area (TPSA) is 72.0 Å². The highest BCUT2D eigenvalue weighted by Crippen LogP contribution is 2.31. The molecule has 0 spiro atoms. The summed E-state index contributed by atoms with van der Waals surface area (Å²) in [5, 5.41) is 13.5. The second-order valence-electron chi connectivity index (χ2n) is 5.42. The second kappa shape index (κ2) is 7.90. The average molecular weight is 375 g/mol. The third kappa shape index (κ3) is 4.84. The van der Waals surface area contributed by atoms with Crippen molar-refractivity contribution in [2.45, 2.75) is 13.1 Å². The van der Waals surface area contributed by atoms with E-state index < -0.39 is 11.7 Å². The molecule has 0 unspecified atom stereocenters. The van der Waals surface area contributed by atoms with Crippen LogP contribution < -0.4 is 15.4 Å². The van der Waals surface area contributed by atoms with Crippen LogP contribution in [0.25, 0.3) is 0 Å². The molecule has 9 heteroatoms. The van der Waals surface area contributed by atoms with Gasteiger partial charge in [-0.05, 0) is 37.3 Å². The van der Waals surface area contributed by atoms with E-state index in [2.05, 4.69) is 25.8 Å². The van der Waals surface area contributed by atoms with Gasteiger partial charge >= 0.3 is 6.18 Å². The third-order valence-electron chi connectivity index (χ3n) is 3.45. The summed E-state index contributed by atoms with van der Waals surface area (Å²) in [5.74, 6) is 1.06. The van der Waals surface area contributed by atoms with Crippen molar-refractivity contribution in [2.75, 3.05) is 17.2 Å². The SMILES string of the molecule is CCOc1ccccc1Nc1nncc(Nc2cccc(C(F)(F)F)c2)n1. The molecule has 0 saturated heterocycles. The van der Waals surface area contributed by atoms with Crippen LogP contribution in [-0.2, 0) is 6.18 Å². The molecule has 1 aromatic heterocycles. The summed E-state index contributed by atoms with van der Waals surface area (Å²) in [6.45, 7) is 2.36. The maximum Gasteiger partial charge on any atom is 0.416 e. The van der Waals surface area contributed by atoms with Gasteiger partial charge in [0, 0.05) is 5.69 Å². The summed E-state index contributed by atoms with van der Waals surface area (Å²) in [6, 6.07) is 12.1. The first-order chi connectivity index (χ1) is 13.0. The fourth-order valence-corrected chi connectivity index (χ4v) is 2.31. The standard InChI is InChI=1S/C18H16F3N5O/c1-2-27-15-9-4-3-8-14(15)24-17-25-16(11-22-26-17)23-13-7-5-6-12(10-13)18(19,20)21/h3-11H,2H2,1H3,(H2,23,24,25,26). The number of anilines is 4. The number of ether oxygens (including phenoxy) is 1. The Morgan fingerprint density at radius 2 is 1.85 bits per heavy atom. The molecule has 1 heterocycles. The van der Waals surface area contributed by atoms with E-state index in [0.717, 1.165) is 12.1 Å². The van der Waals surface area contributed by atoms with Crippen molar-refractivity contribution in [3.8, 4) is 5.75 Å². The summed E-state index contributed by atoms with van der Waals surface area (Å²) in [4.78, 5) is 4.22. The monoisotopic (exact) mass is 375 g/mol. The van der Waals surface area contributed by atoms with E-state index in [-0.39, 0.29) is 17.5 Å². The van der Waals surface area contributed by atoms with Crippen LogP contribution in [0, 0.1) is 0 Å². The molecular weight excluding hydrogens is 359 g/mol. The van der Waals surface area contributed by atoms with E-state index >= 15 is 0 Å². The Hall–Kier alpha value is -3.36. The third-order valence-corrected chi connectivity index (χ3v) is 3.45. The maximum atomic E-state index is 12.8. The minimum Gasteiger partial charge on any atom is -0.492 e. The van der Waals surface area contributed by atoms with E-state index in [1.807, 2.05) is 19.1 Å². The van der Waals surface area contributed by atoms with Crippen LogP contribution in [0.2, 0.25) is 0 Å². The number of hydrogen-bond donors (Lipinski definition) is 2. The molecule has 0 aliphatic heterocycles. The maximum absolute atomic E-state index is 12.8. The van der Waals surface area contributed by atoms with Gasteiger partial charge in [-0.25, -0.2) is 0 Å². The minimum atomic E-state index is -4.42. The lowest BCUT2D eigenvalue weighted by molar-refractivity contribution is -0.137. The van der Waals surface area contributed by atoms with Gasteiger partial charge in [-0.1, -0.05) is 18.2 Å². The molecule has 0 aliphatic carbocycles. The first kappa shape index (κ1) is 18.4. The summed E-state index contributed by atoms with van der Waals surface area (Å²) in [6.07, 6.45) is -3.10. The molecule has 3 rings (SSSR count). The molecule has 0 atom stereocenters. The van der Waals surface area contributed by atoms with Gasteiger partial charge in [0.25, 0.3) is 0 Å². The Balaban J connectivity index is 1.79. The van der Waals surface area contributed by atoms with Crippen LogP contribution in [0.3, 0.4) is 0 Å². The summed E-state index contributed by atoms with van der Waals surface area (Å²) in [7, 11) is 0. The zero-order chi connectivity index (χ0) is 19.3. The highest BCUT2D eigenvalue weighted by molar-refractivity contribution is 5.63. The van der Waals surface area contributed by atoms with Crippen molar-refractivity contribution >= 4 is 23.1 Å². The van der Waals surface area contributed by atoms with Gasteiger partial charge < -0.3 is 15.4 Å². The van der Waals surface area contributed by atoms with E-state index in [1.54, 1.807) is 12.1 Å². The number of alkyl halides is 3. The molecule has 6 nitrogen and oxygen atoms in total. The van der Waals surface area contributed by atoms with E-state index in [1.165, 1.54) is 18.3 Å². The second-order valence-corrected chi connectivity index (χ2v) is 5.42. The Morgan fingerprint density at radius 1 is 1.04 bits per heavy atom. The number of aromatic nitrogens is 3. The Bertz CT molecular complexity index is 917. The smallest absolute Gasteiger partial charge is 0.416 e. The number of rotatable bonds is 6. The first-order valence-electron chi connectivity index (χ1n) is 8.08. The van der Waals surface area contributed by atoms with Crippen molar-refractivity contribution in [2.24, 2.45) is 0 Å². The van der Waals surface area contributed by atoms with Gasteiger partial charge in [0.05, 0.1) is 24.1 Å². The fourth-order valence-electron chi connectivity index (χ4n) is 2.31. The van der Waals surface area contributed by atoms with Gasteiger partial charge in [0.15, 0.2) is 5.82 Å². The average Bonchev–Trinajstić information content (AvgIpc) is 2.63. The van der Waals surface area contributed by atoms with E-state index in [9.17, 15) is 13.2 Å². The van der Waals surface area contributed by atoms with Crippen LogP contribution in [0.15, 0.2) is 54.7 Å². The normalized spacial score (nSPS) is 11.1. The Kier molecular flexibility index (Phi) is 5.39. The highest BCUT2D eigenvalue weighted by atomic mass is 19.4. The minimum absolute atomic E-state index is 0.180. The molecule has 2 N–H and O–H groups in total. The highest BCUT2D eigenvalue weighted by Gasteiger charge is 2.30. The van der Waals surface area contributed by atoms with Gasteiger partial charge in [0.2, 0.25) is 5.95 Å². The lowest BCUT2D eigenvalue weighted by Crippen LogP contribution is -2.06. The molecule has 140 valence electrons. The molecule has 0 radical (unpaired) electrons. The fraction of sp³-hybridized carbons (Fsp3) is 0.167. The molecule has 0 fully saturated rings. The Morgan fingerprint density at radius 3 is 2.63 bits per heavy atom. The summed E-state index contributed by atoms with van der Waals surface area (Å²) in [5.41, 5.74) is 0.141. The molecule has 0 amide bonds. The predicted molar refractivity (Wildman–Crippen MR) is 95.4 cm³/mol. The first-order valence-corrected chi connectivity index (χ1v) is 8.08. The zero-order valence-electron chi connectivity index (χ0n) is 14.3. The van der Waals surface area contributed by atoms with Gasteiger partial charge in [-0.15, -0.1) is 5.10 Å². The van der Waals surface area contributed by atoms with Gasteiger partial charge in [-0.2, -0.15) is 23.3 Å². The number of nitrogens with one attached hydrogen (secondary N) is 2. The number of para-hydroxylation sites is 2. The van der Waals surface area contributed by atoms with Crippen molar-refractivity contribution in [1.29, 1.82) is 0 Å². The van der Waals surface area contributed by atoms with Crippen molar-refractivity contribution in [3.63, 3.8) is 0 Å². The van der Waals surface area contributed by atoms with Crippen LogP contribution in [-0.4, -0.2) is 21.8 Å². The quantitative estimate of drug-likeness (QED) is 0.646. The predicted octanol–water partition coefficient (Wildman–Crippen LogP) is 4.78. The van der Waals surface area contributed by atoms with E-state index in [0.29, 0.717) is 18.0 Å². The molecule has 27 heavy (non-hydrogen) atoms. The molecule has 0 saturated carbocycles. The van der Waals surface area contributed by atoms with Crippen molar-refractivity contribution < 1.29 is 17.9 Å². The summed E-state index contributed by atoms with van der Waals surface area (Å²) < 4.78 is 44.0. The van der Waals surface area contributed by atoms with Crippen LogP contribution in [0.1, 0.15) is 12.5 Å². The van der Waals surface area contributed by atoms with Gasteiger partial charge in [-0.3, -0.25) is 0 Å². The number of hydrogen-bond acceptors (Lipinski definition) is 6.